The molecule has 0 amide bonds. The van der Waals surface area contributed by atoms with Crippen LogP contribution in [0, 0.1) is 0 Å². The molecule has 0 unspecified atom stereocenters. The zero-order valence-corrected chi connectivity index (χ0v) is 2.97. The minimum Gasteiger partial charge on any atom is -0.109 e. The van der Waals surface area contributed by atoms with Gasteiger partial charge in [0.05, 0.1) is 5.34 Å². The van der Waals surface area contributed by atoms with Crippen LogP contribution in [0.1, 0.15) is 14.9 Å². The summed E-state index contributed by atoms with van der Waals surface area (Å²) in [6.07, 6.45) is 0. The molecule has 36 valence electrons. The van der Waals surface area contributed by atoms with Crippen LogP contribution in [0.4, 0.5) is 0 Å². The molecular formula is C3H10Cl2. The molecule has 0 aromatic carbocycles. The predicted octanol–water partition coefficient (Wildman–Crippen LogP) is 2.69. The highest BCUT2D eigenvalue weighted by atomic mass is 35.5. The maximum Gasteiger partial charge on any atom is 0.0967 e. The Kier molecular flexibility index (Phi) is 82.7. The highest BCUT2D eigenvalue weighted by molar-refractivity contribution is 6.40. The monoisotopic (exact) mass is 116 g/mol. The summed E-state index contributed by atoms with van der Waals surface area (Å²) in [6.45, 7) is 0. The van der Waals surface area contributed by atoms with Gasteiger partial charge in [-0.2, -0.15) is 0 Å². The molecule has 2 heteroatoms. The molecular weight excluding hydrogens is 107 g/mol. The van der Waals surface area contributed by atoms with Crippen molar-refractivity contribution in [3.05, 3.63) is 0 Å². The third-order valence-electron chi connectivity index (χ3n) is 0. The summed E-state index contributed by atoms with van der Waals surface area (Å²) >= 11 is 9.53. The van der Waals surface area contributed by atoms with E-state index >= 15 is 0 Å². The molecule has 0 radical (unpaired) electrons. The zero-order valence-electron chi connectivity index (χ0n) is 1.46. The standard InChI is InChI=1S/CH2Cl2.2CH4/c2-1-3;;/h1H2;2*1H4. The van der Waals surface area contributed by atoms with Crippen molar-refractivity contribution in [1.29, 1.82) is 0 Å². The summed E-state index contributed by atoms with van der Waals surface area (Å²) < 4.78 is 0. The van der Waals surface area contributed by atoms with Crippen LogP contribution >= 0.6 is 23.2 Å². The second kappa shape index (κ2) is 23.5. The number of rotatable bonds is 0. The van der Waals surface area contributed by atoms with Gasteiger partial charge in [-0.05, 0) is 0 Å². The summed E-state index contributed by atoms with van der Waals surface area (Å²) in [4.78, 5) is 0. The molecule has 0 rings (SSSR count). The maximum absolute atomic E-state index is 4.76. The first kappa shape index (κ1) is 17.6. The second-order valence-corrected chi connectivity index (χ2v) is 0.909. The molecule has 0 N–H and O–H groups in total. The Labute approximate surface area is 44.1 Å². The van der Waals surface area contributed by atoms with E-state index in [2.05, 4.69) is 0 Å². The van der Waals surface area contributed by atoms with Crippen LogP contribution in [0.25, 0.3) is 0 Å². The van der Waals surface area contributed by atoms with Gasteiger partial charge in [-0.25, -0.2) is 0 Å². The third-order valence-corrected chi connectivity index (χ3v) is 0. The first-order valence-electron chi connectivity index (χ1n) is 0.535. The van der Waals surface area contributed by atoms with Crippen LogP contribution in [0.5, 0.6) is 0 Å². The van der Waals surface area contributed by atoms with Gasteiger partial charge in [-0.1, -0.05) is 14.9 Å². The summed E-state index contributed by atoms with van der Waals surface area (Å²) in [6, 6.07) is 0. The average molecular weight is 117 g/mol. The fourth-order valence-corrected chi connectivity index (χ4v) is 0. The Hall–Kier alpha value is 0.580. The van der Waals surface area contributed by atoms with Crippen LogP contribution in [-0.4, -0.2) is 5.34 Å². The minimum atomic E-state index is 0. The number of hydrogen-bond donors (Lipinski definition) is 0. The smallest absolute Gasteiger partial charge is 0.0967 e. The molecule has 0 saturated heterocycles. The van der Waals surface area contributed by atoms with Gasteiger partial charge in [0, 0.05) is 0 Å². The van der Waals surface area contributed by atoms with Crippen molar-refractivity contribution >= 4 is 23.2 Å². The second-order valence-electron chi connectivity index (χ2n) is 0.101. The van der Waals surface area contributed by atoms with Crippen molar-refractivity contribution in [2.75, 3.05) is 5.34 Å². The van der Waals surface area contributed by atoms with Crippen molar-refractivity contribution in [2.24, 2.45) is 0 Å². The van der Waals surface area contributed by atoms with Crippen LogP contribution in [0.2, 0.25) is 0 Å². The molecule has 0 heterocycles. The van der Waals surface area contributed by atoms with Crippen LogP contribution in [-0.2, 0) is 0 Å². The molecule has 0 aromatic rings. The molecule has 0 aromatic heterocycles. The lowest BCUT2D eigenvalue weighted by Gasteiger charge is -1.42. The van der Waals surface area contributed by atoms with Crippen LogP contribution in [0.15, 0.2) is 0 Å². The fraction of sp³-hybridized carbons (Fsp3) is 1.00. The zero-order chi connectivity index (χ0) is 2.71. The van der Waals surface area contributed by atoms with Gasteiger partial charge < -0.3 is 0 Å². The molecule has 0 atom stereocenters. The van der Waals surface area contributed by atoms with Crippen molar-refractivity contribution in [3.8, 4) is 0 Å². The molecule has 0 aliphatic rings. The molecule has 0 bridgehead atoms. The Morgan fingerprint density at radius 3 is 1.00 bits per heavy atom. The van der Waals surface area contributed by atoms with E-state index in [1.165, 1.54) is 0 Å². The summed E-state index contributed by atoms with van der Waals surface area (Å²) in [7, 11) is 0. The lowest BCUT2D eigenvalue weighted by atomic mass is 11.9. The Balaban J connectivity index is -0.0000000200. The average Bonchev–Trinajstić information content (AvgIpc) is 0.918. The van der Waals surface area contributed by atoms with Gasteiger partial charge in [-0.15, -0.1) is 23.2 Å². The highest BCUT2D eigenvalue weighted by Crippen LogP contribution is 1.73. The van der Waals surface area contributed by atoms with E-state index in [4.69, 9.17) is 23.2 Å². The molecule has 0 saturated carbocycles. The van der Waals surface area contributed by atoms with Gasteiger partial charge in [0.15, 0.2) is 0 Å². The summed E-state index contributed by atoms with van der Waals surface area (Å²) in [5, 5.41) is 0.194. The SMILES string of the molecule is C.C.ClCCl. The quantitative estimate of drug-likeness (QED) is 0.428. The molecule has 0 spiro atoms. The van der Waals surface area contributed by atoms with Gasteiger partial charge in [0.1, 0.15) is 0 Å². The fourth-order valence-electron chi connectivity index (χ4n) is 0. The van der Waals surface area contributed by atoms with Crippen LogP contribution in [0.3, 0.4) is 0 Å². The number of halogens is 2. The van der Waals surface area contributed by atoms with E-state index in [9.17, 15) is 0 Å². The first-order chi connectivity index (χ1) is 1.41. The molecule has 0 nitrogen and oxygen atoms in total. The molecule has 0 aliphatic heterocycles. The molecule has 0 fully saturated rings. The normalized spacial score (nSPS) is 3.60. The van der Waals surface area contributed by atoms with Crippen molar-refractivity contribution in [2.45, 2.75) is 14.9 Å². The minimum absolute atomic E-state index is 0. The van der Waals surface area contributed by atoms with Gasteiger partial charge in [0.25, 0.3) is 0 Å². The van der Waals surface area contributed by atoms with E-state index in [-0.39, 0.29) is 20.2 Å². The largest absolute Gasteiger partial charge is 0.109 e. The lowest BCUT2D eigenvalue weighted by Crippen LogP contribution is -1.24. The third kappa shape index (κ3) is 90.6. The van der Waals surface area contributed by atoms with Gasteiger partial charge in [0.2, 0.25) is 0 Å². The van der Waals surface area contributed by atoms with Crippen LogP contribution < -0.4 is 0 Å². The Morgan fingerprint density at radius 2 is 1.00 bits per heavy atom. The number of hydrogen-bond acceptors (Lipinski definition) is 0. The molecule has 0 aliphatic carbocycles. The highest BCUT2D eigenvalue weighted by Gasteiger charge is 1.41. The summed E-state index contributed by atoms with van der Waals surface area (Å²) in [5.74, 6) is 0. The lowest BCUT2D eigenvalue weighted by molar-refractivity contribution is 2.20. The predicted molar refractivity (Wildman–Crippen MR) is 30.0 cm³/mol. The Bertz CT molecular complexity index is 4.85. The van der Waals surface area contributed by atoms with Gasteiger partial charge in [-0.3, -0.25) is 0 Å². The van der Waals surface area contributed by atoms with E-state index in [0.717, 1.165) is 0 Å². The van der Waals surface area contributed by atoms with E-state index in [1.807, 2.05) is 0 Å². The van der Waals surface area contributed by atoms with E-state index < -0.39 is 0 Å². The summed E-state index contributed by atoms with van der Waals surface area (Å²) in [5.41, 5.74) is 0. The van der Waals surface area contributed by atoms with E-state index in [1.54, 1.807) is 0 Å². The first-order valence-corrected chi connectivity index (χ1v) is 1.60. The topological polar surface area (TPSA) is 0 Å². The van der Waals surface area contributed by atoms with Crippen molar-refractivity contribution in [1.82, 2.24) is 0 Å². The van der Waals surface area contributed by atoms with Crippen molar-refractivity contribution in [3.63, 3.8) is 0 Å². The molecule has 5 heavy (non-hydrogen) atoms. The Morgan fingerprint density at radius 1 is 1.00 bits per heavy atom. The van der Waals surface area contributed by atoms with Crippen molar-refractivity contribution < 1.29 is 0 Å². The van der Waals surface area contributed by atoms with E-state index in [0.29, 0.717) is 0 Å². The van der Waals surface area contributed by atoms with Gasteiger partial charge >= 0.3 is 0 Å². The maximum atomic E-state index is 4.76. The number of alkyl halides is 2.